The van der Waals surface area contributed by atoms with Crippen molar-refractivity contribution in [1.29, 1.82) is 0 Å². The van der Waals surface area contributed by atoms with Gasteiger partial charge in [-0.2, -0.15) is 4.31 Å². The van der Waals surface area contributed by atoms with E-state index in [1.165, 1.54) is 16.4 Å². The fourth-order valence-corrected chi connectivity index (χ4v) is 5.14. The molecule has 1 atom stereocenters. The van der Waals surface area contributed by atoms with E-state index in [0.29, 0.717) is 12.4 Å². The minimum absolute atomic E-state index is 0.0784. The van der Waals surface area contributed by atoms with Gasteiger partial charge in [0.05, 0.1) is 24.1 Å². The summed E-state index contributed by atoms with van der Waals surface area (Å²) in [5.74, 6) is 0.208. The molecular weight excluding hydrogens is 504 g/mol. The molecule has 0 fully saturated rings. The van der Waals surface area contributed by atoms with E-state index in [1.807, 2.05) is 68.4 Å². The number of amides is 1. The van der Waals surface area contributed by atoms with E-state index in [1.54, 1.807) is 12.1 Å². The van der Waals surface area contributed by atoms with Gasteiger partial charge in [0.15, 0.2) is 0 Å². The molecule has 8 heteroatoms. The molecular formula is C25H27BrN2O4S. The van der Waals surface area contributed by atoms with Crippen molar-refractivity contribution in [3.63, 3.8) is 0 Å². The van der Waals surface area contributed by atoms with Gasteiger partial charge in [0.2, 0.25) is 15.9 Å². The van der Waals surface area contributed by atoms with Crippen molar-refractivity contribution in [3.05, 3.63) is 94.5 Å². The third-order valence-corrected chi connectivity index (χ3v) is 7.32. The normalized spacial score (nSPS) is 12.4. The Kier molecular flexibility index (Phi) is 8.66. The molecule has 3 rings (SSSR count). The Morgan fingerprint density at radius 1 is 1.03 bits per heavy atom. The third kappa shape index (κ3) is 6.90. The molecule has 3 aromatic carbocycles. The summed E-state index contributed by atoms with van der Waals surface area (Å²) in [6, 6.07) is 22.8. The van der Waals surface area contributed by atoms with Crippen LogP contribution >= 0.6 is 15.9 Å². The summed E-state index contributed by atoms with van der Waals surface area (Å²) in [7, 11) is -3.92. The third-order valence-electron chi connectivity index (χ3n) is 5.02. The van der Waals surface area contributed by atoms with Gasteiger partial charge in [0.25, 0.3) is 0 Å². The first kappa shape index (κ1) is 25.0. The molecule has 6 nitrogen and oxygen atoms in total. The maximum absolute atomic E-state index is 13.4. The van der Waals surface area contributed by atoms with Gasteiger partial charge in [-0.1, -0.05) is 58.4 Å². The van der Waals surface area contributed by atoms with Crippen molar-refractivity contribution >= 4 is 31.9 Å². The lowest BCUT2D eigenvalue weighted by molar-refractivity contribution is -0.122. The largest absolute Gasteiger partial charge is 0.494 e. The lowest BCUT2D eigenvalue weighted by Gasteiger charge is -2.23. The number of ether oxygens (including phenoxy) is 1. The summed E-state index contributed by atoms with van der Waals surface area (Å²) in [5, 5.41) is 2.90. The lowest BCUT2D eigenvalue weighted by Crippen LogP contribution is -2.41. The Hall–Kier alpha value is -2.68. The Balaban J connectivity index is 1.82. The van der Waals surface area contributed by atoms with Crippen molar-refractivity contribution in [2.24, 2.45) is 0 Å². The summed E-state index contributed by atoms with van der Waals surface area (Å²) in [5.41, 5.74) is 1.71. The predicted molar refractivity (Wildman–Crippen MR) is 132 cm³/mol. The summed E-state index contributed by atoms with van der Waals surface area (Å²) in [6.07, 6.45) is 0. The average Bonchev–Trinajstić information content (AvgIpc) is 2.80. The molecule has 3 aromatic rings. The van der Waals surface area contributed by atoms with Crippen LogP contribution in [0.15, 0.2) is 88.2 Å². The van der Waals surface area contributed by atoms with Gasteiger partial charge in [0, 0.05) is 11.0 Å². The Bertz CT molecular complexity index is 1170. The van der Waals surface area contributed by atoms with Crippen LogP contribution < -0.4 is 10.1 Å². The quantitative estimate of drug-likeness (QED) is 0.403. The topological polar surface area (TPSA) is 75.7 Å². The highest BCUT2D eigenvalue weighted by Gasteiger charge is 2.27. The van der Waals surface area contributed by atoms with Gasteiger partial charge < -0.3 is 10.1 Å². The summed E-state index contributed by atoms with van der Waals surface area (Å²) in [6.45, 7) is 3.99. The Labute approximate surface area is 203 Å². The van der Waals surface area contributed by atoms with Gasteiger partial charge in [-0.05, 0) is 61.4 Å². The van der Waals surface area contributed by atoms with Crippen LogP contribution in [-0.2, 0) is 21.4 Å². The molecule has 0 aliphatic carbocycles. The number of nitrogens with one attached hydrogen (secondary N) is 1. The standard InChI is InChI=1S/C25H27BrN2O4S/c1-3-32-23-12-14-24(15-13-23)33(30,31)28(17-20-8-5-4-6-9-20)18-25(29)27-19(2)21-10-7-11-22(26)16-21/h4-16,19H,3,17-18H2,1-2H3,(H,27,29). The molecule has 0 heterocycles. The van der Waals surface area contributed by atoms with Crippen LogP contribution in [0.3, 0.4) is 0 Å². The maximum Gasteiger partial charge on any atom is 0.243 e. The average molecular weight is 531 g/mol. The van der Waals surface area contributed by atoms with Crippen LogP contribution in [0.5, 0.6) is 5.75 Å². The fraction of sp³-hybridized carbons (Fsp3) is 0.240. The molecule has 1 unspecified atom stereocenters. The Morgan fingerprint density at radius 3 is 2.36 bits per heavy atom. The van der Waals surface area contributed by atoms with Gasteiger partial charge in [-0.15, -0.1) is 0 Å². The van der Waals surface area contributed by atoms with E-state index in [9.17, 15) is 13.2 Å². The van der Waals surface area contributed by atoms with E-state index in [0.717, 1.165) is 15.6 Å². The highest BCUT2D eigenvalue weighted by atomic mass is 79.9. The van der Waals surface area contributed by atoms with E-state index in [-0.39, 0.29) is 29.9 Å². The first-order valence-electron chi connectivity index (χ1n) is 10.6. The highest BCUT2D eigenvalue weighted by Crippen LogP contribution is 2.22. The second kappa shape index (κ2) is 11.4. The Morgan fingerprint density at radius 2 is 1.73 bits per heavy atom. The van der Waals surface area contributed by atoms with Crippen molar-refractivity contribution < 1.29 is 17.9 Å². The first-order valence-corrected chi connectivity index (χ1v) is 12.8. The molecule has 0 saturated heterocycles. The number of hydrogen-bond acceptors (Lipinski definition) is 4. The van der Waals surface area contributed by atoms with Crippen molar-refractivity contribution in [2.45, 2.75) is 31.3 Å². The lowest BCUT2D eigenvalue weighted by atomic mass is 10.1. The molecule has 174 valence electrons. The molecule has 1 N–H and O–H groups in total. The number of hydrogen-bond donors (Lipinski definition) is 1. The zero-order chi connectivity index (χ0) is 23.8. The van der Waals surface area contributed by atoms with Crippen LogP contribution in [-0.4, -0.2) is 31.8 Å². The number of sulfonamides is 1. The zero-order valence-electron chi connectivity index (χ0n) is 18.6. The molecule has 0 aromatic heterocycles. The van der Waals surface area contributed by atoms with E-state index >= 15 is 0 Å². The number of carbonyl (C=O) groups excluding carboxylic acids is 1. The maximum atomic E-state index is 13.4. The number of rotatable bonds is 10. The second-order valence-corrected chi connectivity index (χ2v) is 10.4. The number of nitrogens with zero attached hydrogens (tertiary/aromatic N) is 1. The molecule has 0 spiro atoms. The molecule has 0 aliphatic rings. The molecule has 33 heavy (non-hydrogen) atoms. The number of halogens is 1. The van der Waals surface area contributed by atoms with Crippen molar-refractivity contribution in [3.8, 4) is 5.75 Å². The van der Waals surface area contributed by atoms with Crippen LogP contribution in [0.25, 0.3) is 0 Å². The molecule has 0 bridgehead atoms. The molecule has 0 radical (unpaired) electrons. The van der Waals surface area contributed by atoms with Gasteiger partial charge in [0.1, 0.15) is 5.75 Å². The van der Waals surface area contributed by atoms with E-state index < -0.39 is 10.0 Å². The fourth-order valence-electron chi connectivity index (χ4n) is 3.34. The first-order chi connectivity index (χ1) is 15.8. The summed E-state index contributed by atoms with van der Waals surface area (Å²) >= 11 is 3.43. The smallest absolute Gasteiger partial charge is 0.243 e. The van der Waals surface area contributed by atoms with Gasteiger partial charge in [-0.3, -0.25) is 4.79 Å². The highest BCUT2D eigenvalue weighted by molar-refractivity contribution is 9.10. The van der Waals surface area contributed by atoms with E-state index in [2.05, 4.69) is 21.2 Å². The SMILES string of the molecule is CCOc1ccc(S(=O)(=O)N(CC(=O)NC(C)c2cccc(Br)c2)Cc2ccccc2)cc1. The monoisotopic (exact) mass is 530 g/mol. The summed E-state index contributed by atoms with van der Waals surface area (Å²) in [4.78, 5) is 13.0. The minimum atomic E-state index is -3.92. The van der Waals surface area contributed by atoms with Crippen LogP contribution in [0.1, 0.15) is 31.0 Å². The molecule has 0 aliphatic heterocycles. The van der Waals surface area contributed by atoms with Crippen molar-refractivity contribution in [1.82, 2.24) is 9.62 Å². The van der Waals surface area contributed by atoms with Crippen LogP contribution in [0.4, 0.5) is 0 Å². The van der Waals surface area contributed by atoms with Gasteiger partial charge in [-0.25, -0.2) is 8.42 Å². The zero-order valence-corrected chi connectivity index (χ0v) is 21.0. The molecule has 0 saturated carbocycles. The van der Waals surface area contributed by atoms with Crippen LogP contribution in [0.2, 0.25) is 0 Å². The summed E-state index contributed by atoms with van der Waals surface area (Å²) < 4.78 is 34.4. The van der Waals surface area contributed by atoms with Gasteiger partial charge >= 0.3 is 0 Å². The predicted octanol–water partition coefficient (Wildman–Crippen LogP) is 4.92. The number of benzene rings is 3. The number of carbonyl (C=O) groups is 1. The second-order valence-electron chi connectivity index (χ2n) is 7.51. The minimum Gasteiger partial charge on any atom is -0.494 e. The van der Waals surface area contributed by atoms with E-state index in [4.69, 9.17) is 4.74 Å². The van der Waals surface area contributed by atoms with Crippen LogP contribution in [0, 0.1) is 0 Å². The van der Waals surface area contributed by atoms with Crippen molar-refractivity contribution in [2.75, 3.05) is 13.2 Å². The molecule has 1 amide bonds.